The number of nitrogens with one attached hydrogen (secondary N) is 1. The number of carbonyl (C=O) groups is 1. The van der Waals surface area contributed by atoms with E-state index in [-0.39, 0.29) is 5.97 Å². The Bertz CT molecular complexity index is 749. The molecule has 0 aliphatic heterocycles. The average Bonchev–Trinajstić information content (AvgIpc) is 2.81. The number of carbonyl (C=O) groups excluding carboxylic acids is 1. The third-order valence-electron chi connectivity index (χ3n) is 7.23. The lowest BCUT2D eigenvalue weighted by Crippen LogP contribution is -2.39. The van der Waals surface area contributed by atoms with Crippen molar-refractivity contribution in [1.82, 2.24) is 5.32 Å². The van der Waals surface area contributed by atoms with Crippen molar-refractivity contribution < 1.29 is 9.53 Å². The molecule has 4 heteroatoms. The zero-order chi connectivity index (χ0) is 21.3. The molecule has 0 bridgehead atoms. The number of rotatable bonds is 4. The number of hydrogen-bond donors (Lipinski definition) is 1. The highest BCUT2D eigenvalue weighted by atomic mass is 16.6. The fraction of sp³-hybridized carbons (Fsp3) is 0.630. The smallest absolute Gasteiger partial charge is 0.338 e. The van der Waals surface area contributed by atoms with Crippen LogP contribution < -0.4 is 5.32 Å². The molecule has 168 valence electrons. The van der Waals surface area contributed by atoms with Crippen LogP contribution in [0.15, 0.2) is 47.0 Å². The average molecular weight is 423 g/mol. The number of esters is 1. The Hall–Kier alpha value is -2.10. The Kier molecular flexibility index (Phi) is 8.20. The van der Waals surface area contributed by atoms with Crippen molar-refractivity contribution in [3.8, 4) is 0 Å². The van der Waals surface area contributed by atoms with Crippen LogP contribution in [0.1, 0.15) is 101 Å². The molecule has 0 heterocycles. The topological polar surface area (TPSA) is 50.7 Å². The van der Waals surface area contributed by atoms with Gasteiger partial charge in [-0.15, -0.1) is 0 Å². The van der Waals surface area contributed by atoms with Gasteiger partial charge in [-0.3, -0.25) is 0 Å². The Morgan fingerprint density at radius 2 is 1.52 bits per heavy atom. The molecule has 3 saturated carbocycles. The zero-order valence-corrected chi connectivity index (χ0v) is 18.9. The Morgan fingerprint density at radius 1 is 0.871 bits per heavy atom. The number of ether oxygens (including phenoxy) is 1. The van der Waals surface area contributed by atoms with Crippen molar-refractivity contribution in [2.75, 3.05) is 0 Å². The number of amidine groups is 1. The van der Waals surface area contributed by atoms with Crippen molar-refractivity contribution in [2.45, 2.75) is 108 Å². The summed E-state index contributed by atoms with van der Waals surface area (Å²) < 4.78 is 5.79. The van der Waals surface area contributed by atoms with Gasteiger partial charge in [0.05, 0.1) is 6.04 Å². The molecule has 0 saturated heterocycles. The second-order valence-electron chi connectivity index (χ2n) is 9.61. The molecule has 0 radical (unpaired) electrons. The molecule has 3 aliphatic carbocycles. The summed E-state index contributed by atoms with van der Waals surface area (Å²) in [6, 6.07) is 11.9. The van der Waals surface area contributed by atoms with Gasteiger partial charge >= 0.3 is 5.97 Å². The minimum absolute atomic E-state index is 0.258. The highest BCUT2D eigenvalue weighted by molar-refractivity contribution is 5.94. The fourth-order valence-corrected chi connectivity index (χ4v) is 5.37. The first-order valence-electron chi connectivity index (χ1n) is 12.6. The molecule has 0 amide bonds. The van der Waals surface area contributed by atoms with E-state index >= 15 is 0 Å². The lowest BCUT2D eigenvalue weighted by atomic mass is 9.81. The quantitative estimate of drug-likeness (QED) is 0.263. The fourth-order valence-electron chi connectivity index (χ4n) is 5.37. The highest BCUT2D eigenvalue weighted by Crippen LogP contribution is 2.35. The second kappa shape index (κ2) is 11.5. The maximum absolute atomic E-state index is 12.7. The van der Waals surface area contributed by atoms with Gasteiger partial charge < -0.3 is 10.1 Å². The van der Waals surface area contributed by atoms with Crippen molar-refractivity contribution in [3.63, 3.8) is 0 Å². The van der Waals surface area contributed by atoms with Crippen LogP contribution >= 0.6 is 0 Å². The van der Waals surface area contributed by atoms with Crippen LogP contribution in [0.5, 0.6) is 0 Å². The monoisotopic (exact) mass is 422 g/mol. The molecule has 0 unspecified atom stereocenters. The van der Waals surface area contributed by atoms with Crippen LogP contribution in [0.4, 0.5) is 0 Å². The first-order valence-corrected chi connectivity index (χ1v) is 12.6. The molecule has 0 spiro atoms. The molecule has 0 aromatic heterocycles. The zero-order valence-electron chi connectivity index (χ0n) is 18.9. The molecule has 1 aromatic rings. The molecule has 4 rings (SSSR count). The molecule has 3 aliphatic rings. The summed E-state index contributed by atoms with van der Waals surface area (Å²) in [6.07, 6.45) is 17.9. The van der Waals surface area contributed by atoms with Gasteiger partial charge in [0, 0.05) is 12.1 Å². The highest BCUT2D eigenvalue weighted by Gasteiger charge is 2.22. The van der Waals surface area contributed by atoms with Crippen LogP contribution in [-0.2, 0) is 9.53 Å². The normalized spacial score (nSPS) is 23.9. The maximum atomic E-state index is 12.7. The molecule has 31 heavy (non-hydrogen) atoms. The number of nitrogens with zero attached hydrogens (tertiary/aromatic N) is 1. The molecular formula is C27H38N2O2. The predicted octanol–water partition coefficient (Wildman–Crippen LogP) is 6.42. The van der Waals surface area contributed by atoms with Crippen molar-refractivity contribution >= 4 is 12.0 Å². The summed E-state index contributed by atoms with van der Waals surface area (Å²) in [7, 11) is 0. The Morgan fingerprint density at radius 3 is 2.19 bits per heavy atom. The van der Waals surface area contributed by atoms with Crippen molar-refractivity contribution in [3.05, 3.63) is 47.5 Å². The Balaban J connectivity index is 1.34. The van der Waals surface area contributed by atoms with E-state index in [1.165, 1.54) is 49.7 Å². The van der Waals surface area contributed by atoms with Crippen LogP contribution in [0, 0.1) is 0 Å². The van der Waals surface area contributed by atoms with Gasteiger partial charge in [0.2, 0.25) is 0 Å². The lowest BCUT2D eigenvalue weighted by Gasteiger charge is -2.26. The first-order chi connectivity index (χ1) is 15.3. The summed E-state index contributed by atoms with van der Waals surface area (Å²) in [5.74, 6) is 0.344. The number of benzene rings is 1. The second-order valence-corrected chi connectivity index (χ2v) is 9.61. The first kappa shape index (κ1) is 22.1. The van der Waals surface area contributed by atoms with E-state index in [4.69, 9.17) is 9.73 Å². The van der Waals surface area contributed by atoms with Gasteiger partial charge in [-0.1, -0.05) is 74.4 Å². The molecular weight excluding hydrogens is 384 g/mol. The maximum Gasteiger partial charge on any atom is 0.338 e. The van der Waals surface area contributed by atoms with E-state index in [9.17, 15) is 4.79 Å². The van der Waals surface area contributed by atoms with Gasteiger partial charge in [0.25, 0.3) is 6.02 Å². The molecule has 1 aromatic carbocycles. The Labute approximate surface area is 187 Å². The summed E-state index contributed by atoms with van der Waals surface area (Å²) in [6.45, 7) is 0. The standard InChI is InChI=1S/C27H38N2O2/c30-26(20-21-16-18-23(19-17-21)22-10-4-1-5-11-22)31-27(28-24-12-6-2-7-13-24)29-25-14-8-3-9-15-25/h1,4-5,10-11,20,23-25H,2-3,6-9,12-19H2,(H,28,29). The number of hydrogen-bond acceptors (Lipinski definition) is 3. The summed E-state index contributed by atoms with van der Waals surface area (Å²) in [5, 5.41) is 3.48. The van der Waals surface area contributed by atoms with Crippen molar-refractivity contribution in [1.29, 1.82) is 0 Å². The van der Waals surface area contributed by atoms with Crippen LogP contribution in [0.25, 0.3) is 0 Å². The third kappa shape index (κ3) is 6.95. The van der Waals surface area contributed by atoms with E-state index in [0.717, 1.165) is 51.4 Å². The van der Waals surface area contributed by atoms with Crippen LogP contribution in [0.3, 0.4) is 0 Å². The molecule has 3 fully saturated rings. The molecule has 4 nitrogen and oxygen atoms in total. The van der Waals surface area contributed by atoms with Crippen LogP contribution in [-0.4, -0.2) is 24.1 Å². The SMILES string of the molecule is O=C(C=C1CCC(c2ccccc2)CC1)OC(=NC1CCCCC1)NC1CCCCC1. The van der Waals surface area contributed by atoms with Crippen molar-refractivity contribution in [2.24, 2.45) is 4.99 Å². The van der Waals surface area contributed by atoms with E-state index in [1.807, 2.05) is 0 Å². The minimum atomic E-state index is -0.258. The van der Waals surface area contributed by atoms with Gasteiger partial charge in [-0.05, 0) is 62.8 Å². The number of aliphatic imine (C=N–C) groups is 1. The van der Waals surface area contributed by atoms with Gasteiger partial charge in [0.15, 0.2) is 0 Å². The van der Waals surface area contributed by atoms with E-state index in [0.29, 0.717) is 24.0 Å². The lowest BCUT2D eigenvalue weighted by molar-refractivity contribution is -0.130. The molecule has 1 N–H and O–H groups in total. The largest absolute Gasteiger partial charge is 0.389 e. The summed E-state index contributed by atoms with van der Waals surface area (Å²) in [4.78, 5) is 17.6. The minimum Gasteiger partial charge on any atom is -0.389 e. The van der Waals surface area contributed by atoms with Gasteiger partial charge in [-0.25, -0.2) is 9.79 Å². The summed E-state index contributed by atoms with van der Waals surface area (Å²) in [5.41, 5.74) is 2.63. The number of allylic oxidation sites excluding steroid dienone is 1. The van der Waals surface area contributed by atoms with E-state index in [1.54, 1.807) is 6.08 Å². The predicted molar refractivity (Wildman–Crippen MR) is 126 cm³/mol. The van der Waals surface area contributed by atoms with Crippen LogP contribution in [0.2, 0.25) is 0 Å². The third-order valence-corrected chi connectivity index (χ3v) is 7.23. The summed E-state index contributed by atoms with van der Waals surface area (Å²) >= 11 is 0. The molecule has 0 atom stereocenters. The van der Waals surface area contributed by atoms with E-state index < -0.39 is 0 Å². The van der Waals surface area contributed by atoms with Gasteiger partial charge in [-0.2, -0.15) is 0 Å². The van der Waals surface area contributed by atoms with E-state index in [2.05, 4.69) is 35.6 Å². The van der Waals surface area contributed by atoms with Gasteiger partial charge in [0.1, 0.15) is 0 Å².